The fourth-order valence-corrected chi connectivity index (χ4v) is 2.11. The number of rotatable bonds is 2. The highest BCUT2D eigenvalue weighted by Gasteiger charge is 2.24. The van der Waals surface area contributed by atoms with Gasteiger partial charge in [-0.2, -0.15) is 5.26 Å². The molecule has 0 bridgehead atoms. The smallest absolute Gasteiger partial charge is 0.207 e. The topological polar surface area (TPSA) is 57.9 Å². The standard InChI is InChI=1S/C8H3ClF3NO2S/c9-16(14,15)7-2-6(10)4(3-13)1-5(7)8(11)12/h1-2,8H. The summed E-state index contributed by atoms with van der Waals surface area (Å²) in [4.78, 5) is -1.03. The zero-order valence-corrected chi connectivity index (χ0v) is 8.99. The molecule has 0 amide bonds. The predicted molar refractivity (Wildman–Crippen MR) is 49.1 cm³/mol. The fraction of sp³-hybridized carbons (Fsp3) is 0.125. The van der Waals surface area contributed by atoms with Gasteiger partial charge in [0.05, 0.1) is 10.5 Å². The first kappa shape index (κ1) is 12.8. The van der Waals surface area contributed by atoms with Gasteiger partial charge >= 0.3 is 0 Å². The van der Waals surface area contributed by atoms with Crippen LogP contribution in [0.4, 0.5) is 13.2 Å². The van der Waals surface area contributed by atoms with E-state index in [1.807, 2.05) is 0 Å². The van der Waals surface area contributed by atoms with Gasteiger partial charge in [0.15, 0.2) is 0 Å². The molecule has 1 aromatic carbocycles. The Labute approximate surface area is 93.5 Å². The van der Waals surface area contributed by atoms with Gasteiger partial charge in [-0.15, -0.1) is 0 Å². The van der Waals surface area contributed by atoms with Crippen LogP contribution >= 0.6 is 10.7 Å². The summed E-state index contributed by atoms with van der Waals surface area (Å²) < 4.78 is 59.7. The lowest BCUT2D eigenvalue weighted by molar-refractivity contribution is 0.148. The molecule has 0 aromatic heterocycles. The Balaban J connectivity index is 3.63. The van der Waals surface area contributed by atoms with Crippen LogP contribution in [0.15, 0.2) is 17.0 Å². The first-order valence-electron chi connectivity index (χ1n) is 3.73. The van der Waals surface area contributed by atoms with Crippen molar-refractivity contribution < 1.29 is 21.6 Å². The number of hydrogen-bond donors (Lipinski definition) is 0. The quantitative estimate of drug-likeness (QED) is 0.775. The van der Waals surface area contributed by atoms with Crippen molar-refractivity contribution >= 4 is 19.7 Å². The molecular formula is C8H3ClF3NO2S. The van der Waals surface area contributed by atoms with Gasteiger partial charge in [-0.25, -0.2) is 21.6 Å². The third kappa shape index (κ3) is 2.46. The van der Waals surface area contributed by atoms with E-state index >= 15 is 0 Å². The zero-order valence-electron chi connectivity index (χ0n) is 7.42. The summed E-state index contributed by atoms with van der Waals surface area (Å²) in [6.45, 7) is 0. The Morgan fingerprint density at radius 3 is 2.31 bits per heavy atom. The predicted octanol–water partition coefficient (Wildman–Crippen LogP) is 2.56. The van der Waals surface area contributed by atoms with Gasteiger partial charge in [-0.05, 0) is 12.1 Å². The van der Waals surface area contributed by atoms with E-state index in [2.05, 4.69) is 0 Å². The summed E-state index contributed by atoms with van der Waals surface area (Å²) in [5.74, 6) is -1.22. The monoisotopic (exact) mass is 269 g/mol. The van der Waals surface area contributed by atoms with Gasteiger partial charge in [0.2, 0.25) is 0 Å². The van der Waals surface area contributed by atoms with E-state index < -0.39 is 37.3 Å². The normalized spacial score (nSPS) is 11.5. The number of halogens is 4. The Morgan fingerprint density at radius 2 is 1.94 bits per heavy atom. The van der Waals surface area contributed by atoms with Crippen LogP contribution in [0.25, 0.3) is 0 Å². The molecule has 8 heteroatoms. The highest BCUT2D eigenvalue weighted by Crippen LogP contribution is 2.30. The third-order valence-corrected chi connectivity index (χ3v) is 3.10. The highest BCUT2D eigenvalue weighted by molar-refractivity contribution is 8.13. The van der Waals surface area contributed by atoms with E-state index in [1.165, 1.54) is 6.07 Å². The highest BCUT2D eigenvalue weighted by atomic mass is 35.7. The van der Waals surface area contributed by atoms with Crippen molar-refractivity contribution in [2.45, 2.75) is 11.3 Å². The number of benzene rings is 1. The second-order valence-corrected chi connectivity index (χ2v) is 5.25. The van der Waals surface area contributed by atoms with Crippen LogP contribution in [-0.4, -0.2) is 8.42 Å². The maximum absolute atomic E-state index is 13.0. The molecule has 0 aliphatic rings. The number of nitrogens with zero attached hydrogens (tertiary/aromatic N) is 1. The lowest BCUT2D eigenvalue weighted by Crippen LogP contribution is -2.01. The SMILES string of the molecule is N#Cc1cc(C(F)F)c(S(=O)(=O)Cl)cc1F. The van der Waals surface area contributed by atoms with Gasteiger partial charge in [0, 0.05) is 16.2 Å². The molecule has 86 valence electrons. The molecule has 16 heavy (non-hydrogen) atoms. The second kappa shape index (κ2) is 4.31. The van der Waals surface area contributed by atoms with E-state index in [1.54, 1.807) is 0 Å². The van der Waals surface area contributed by atoms with Crippen molar-refractivity contribution in [2.24, 2.45) is 0 Å². The fourth-order valence-electron chi connectivity index (χ4n) is 1.04. The lowest BCUT2D eigenvalue weighted by atomic mass is 10.1. The Morgan fingerprint density at radius 1 is 1.38 bits per heavy atom. The maximum Gasteiger partial charge on any atom is 0.265 e. The van der Waals surface area contributed by atoms with Gasteiger partial charge in [0.25, 0.3) is 15.5 Å². The number of alkyl halides is 2. The van der Waals surface area contributed by atoms with Gasteiger partial charge in [-0.1, -0.05) is 0 Å². The van der Waals surface area contributed by atoms with E-state index in [4.69, 9.17) is 15.9 Å². The van der Waals surface area contributed by atoms with Crippen molar-refractivity contribution in [3.8, 4) is 6.07 Å². The molecular weight excluding hydrogens is 267 g/mol. The summed E-state index contributed by atoms with van der Waals surface area (Å²) >= 11 is 0. The summed E-state index contributed by atoms with van der Waals surface area (Å²) in [6, 6.07) is 2.10. The van der Waals surface area contributed by atoms with Crippen LogP contribution in [0.3, 0.4) is 0 Å². The van der Waals surface area contributed by atoms with Crippen molar-refractivity contribution in [2.75, 3.05) is 0 Å². The summed E-state index contributed by atoms with van der Waals surface area (Å²) in [5.41, 5.74) is -1.66. The van der Waals surface area contributed by atoms with Crippen molar-refractivity contribution in [3.63, 3.8) is 0 Å². The second-order valence-electron chi connectivity index (χ2n) is 2.72. The summed E-state index contributed by atoms with van der Waals surface area (Å²) in [5, 5.41) is 8.40. The zero-order chi connectivity index (χ0) is 12.5. The van der Waals surface area contributed by atoms with E-state index in [-0.39, 0.29) is 0 Å². The van der Waals surface area contributed by atoms with E-state index in [0.717, 1.165) is 0 Å². The molecule has 0 N–H and O–H groups in total. The van der Waals surface area contributed by atoms with Crippen LogP contribution < -0.4 is 0 Å². The summed E-state index contributed by atoms with van der Waals surface area (Å²) in [7, 11) is 0.381. The molecule has 0 saturated carbocycles. The molecule has 0 atom stereocenters. The van der Waals surface area contributed by atoms with Crippen molar-refractivity contribution in [1.29, 1.82) is 5.26 Å². The Bertz CT molecular complexity index is 565. The maximum atomic E-state index is 13.0. The third-order valence-electron chi connectivity index (χ3n) is 1.72. The molecule has 0 fully saturated rings. The van der Waals surface area contributed by atoms with E-state index in [9.17, 15) is 21.6 Å². The van der Waals surface area contributed by atoms with Crippen LogP contribution in [0.1, 0.15) is 17.6 Å². The number of hydrogen-bond acceptors (Lipinski definition) is 3. The summed E-state index contributed by atoms with van der Waals surface area (Å²) in [6.07, 6.45) is -3.17. The molecule has 0 aliphatic carbocycles. The van der Waals surface area contributed by atoms with Gasteiger partial charge < -0.3 is 0 Å². The largest absolute Gasteiger partial charge is 0.265 e. The molecule has 0 radical (unpaired) electrons. The Hall–Kier alpha value is -1.26. The molecule has 0 unspecified atom stereocenters. The molecule has 0 saturated heterocycles. The molecule has 1 rings (SSSR count). The number of nitriles is 1. The Kier molecular flexibility index (Phi) is 3.45. The van der Waals surface area contributed by atoms with E-state index in [0.29, 0.717) is 12.1 Å². The van der Waals surface area contributed by atoms with Gasteiger partial charge in [-0.3, -0.25) is 0 Å². The average molecular weight is 270 g/mol. The van der Waals surface area contributed by atoms with Crippen molar-refractivity contribution in [3.05, 3.63) is 29.1 Å². The average Bonchev–Trinajstić information content (AvgIpc) is 2.15. The van der Waals surface area contributed by atoms with Gasteiger partial charge in [0.1, 0.15) is 11.9 Å². The molecule has 0 aliphatic heterocycles. The minimum Gasteiger partial charge on any atom is -0.207 e. The van der Waals surface area contributed by atoms with Crippen molar-refractivity contribution in [1.82, 2.24) is 0 Å². The first-order valence-corrected chi connectivity index (χ1v) is 6.04. The molecule has 1 aromatic rings. The minimum atomic E-state index is -4.48. The van der Waals surface area contributed by atoms with Crippen LogP contribution in [0.5, 0.6) is 0 Å². The lowest BCUT2D eigenvalue weighted by Gasteiger charge is -2.06. The van der Waals surface area contributed by atoms with Crippen LogP contribution in [-0.2, 0) is 9.05 Å². The molecule has 0 heterocycles. The van der Waals surface area contributed by atoms with Crippen LogP contribution in [0.2, 0.25) is 0 Å². The molecule has 0 spiro atoms. The minimum absolute atomic E-state index is 0.308. The van der Waals surface area contributed by atoms with Crippen LogP contribution in [0, 0.1) is 17.1 Å². The molecule has 3 nitrogen and oxygen atoms in total. The first-order chi connectivity index (χ1) is 7.27.